The quantitative estimate of drug-likeness (QED) is 0.347. The molecule has 0 spiro atoms. The molecule has 0 aromatic carbocycles. The first-order valence-corrected chi connectivity index (χ1v) is 11.8. The molecule has 1 N–H and O–H groups in total. The fourth-order valence-corrected chi connectivity index (χ4v) is 4.01. The molecule has 3 rings (SSSR count). The van der Waals surface area contributed by atoms with Gasteiger partial charge in [-0.1, -0.05) is 0 Å². The molecule has 3 aromatic heterocycles. The van der Waals surface area contributed by atoms with Crippen LogP contribution in [0.5, 0.6) is 11.6 Å². The van der Waals surface area contributed by atoms with E-state index in [-0.39, 0.29) is 18.1 Å². The number of aryl methyl sites for hydroxylation is 1. The lowest BCUT2D eigenvalue weighted by atomic mass is 10.1. The van der Waals surface area contributed by atoms with Crippen LogP contribution in [0, 0.1) is 6.92 Å². The highest BCUT2D eigenvalue weighted by atomic mass is 19.4. The number of aromatic nitrogens is 4. The first-order valence-electron chi connectivity index (χ1n) is 11.8. The molecule has 3 aromatic rings. The van der Waals surface area contributed by atoms with E-state index in [2.05, 4.69) is 15.0 Å². The van der Waals surface area contributed by atoms with Crippen LogP contribution in [-0.2, 0) is 0 Å². The number of nitrogens with one attached hydrogen (secondary N) is 1. The summed E-state index contributed by atoms with van der Waals surface area (Å²) in [5.41, 5.74) is 2.43. The van der Waals surface area contributed by atoms with E-state index in [9.17, 15) is 31.1 Å². The van der Waals surface area contributed by atoms with Gasteiger partial charge in [-0.05, 0) is 33.3 Å². The molecule has 3 heterocycles. The standard InChI is InChI=1S/C24H28F6N6O3/c1-6-35(22(37)34-19(24(28,29)30)7-8-23(25,26)27)14(3)16-9-15(18(38-4)11-31-16)17-12-36-13(2)10-32-20(36)21(33-17)39-5/h9-12,14,19H,6-8H2,1-5H3,(H,34,37). The molecule has 0 bridgehead atoms. The van der Waals surface area contributed by atoms with Crippen LogP contribution in [0.15, 0.2) is 24.7 Å². The zero-order valence-electron chi connectivity index (χ0n) is 21.8. The Morgan fingerprint density at radius 2 is 1.82 bits per heavy atom. The Hall–Kier alpha value is -3.78. The van der Waals surface area contributed by atoms with E-state index in [0.717, 1.165) is 10.6 Å². The minimum Gasteiger partial charge on any atom is -0.494 e. The number of amides is 2. The van der Waals surface area contributed by atoms with Gasteiger partial charge in [0, 0.05) is 36.6 Å². The van der Waals surface area contributed by atoms with Crippen LogP contribution in [0.1, 0.15) is 44.1 Å². The molecule has 0 saturated heterocycles. The van der Waals surface area contributed by atoms with Gasteiger partial charge >= 0.3 is 18.4 Å². The SMILES string of the molecule is CCN(C(=O)NC(CCC(F)(F)F)C(F)(F)F)C(C)c1cc(-c2cn3c(C)cnc3c(OC)n2)c(OC)cn1. The Bertz CT molecular complexity index is 1310. The monoisotopic (exact) mass is 562 g/mol. The van der Waals surface area contributed by atoms with E-state index in [0.29, 0.717) is 22.7 Å². The Kier molecular flexibility index (Phi) is 8.80. The molecule has 2 atom stereocenters. The van der Waals surface area contributed by atoms with Gasteiger partial charge in [0.05, 0.1) is 37.8 Å². The number of halogens is 6. The van der Waals surface area contributed by atoms with Crippen molar-refractivity contribution in [2.24, 2.45) is 0 Å². The average Bonchev–Trinajstić information content (AvgIpc) is 3.25. The van der Waals surface area contributed by atoms with Gasteiger partial charge in [-0.3, -0.25) is 9.38 Å². The molecule has 214 valence electrons. The van der Waals surface area contributed by atoms with Gasteiger partial charge in [0.1, 0.15) is 11.8 Å². The van der Waals surface area contributed by atoms with Crippen LogP contribution in [0.2, 0.25) is 0 Å². The number of rotatable bonds is 9. The maximum atomic E-state index is 13.4. The summed E-state index contributed by atoms with van der Waals surface area (Å²) in [6.45, 7) is 4.85. The Morgan fingerprint density at radius 1 is 1.13 bits per heavy atom. The number of carbonyl (C=O) groups is 1. The third-order valence-electron chi connectivity index (χ3n) is 6.13. The van der Waals surface area contributed by atoms with E-state index < -0.39 is 43.3 Å². The Morgan fingerprint density at radius 3 is 2.38 bits per heavy atom. The molecule has 0 aliphatic carbocycles. The predicted molar refractivity (Wildman–Crippen MR) is 129 cm³/mol. The minimum absolute atomic E-state index is 0.0495. The van der Waals surface area contributed by atoms with Crippen molar-refractivity contribution in [2.45, 2.75) is 58.0 Å². The smallest absolute Gasteiger partial charge is 0.408 e. The highest BCUT2D eigenvalue weighted by Crippen LogP contribution is 2.34. The molecule has 0 aliphatic heterocycles. The van der Waals surface area contributed by atoms with Gasteiger partial charge in [-0.2, -0.15) is 26.3 Å². The molecule has 15 heteroatoms. The summed E-state index contributed by atoms with van der Waals surface area (Å²) in [5, 5.41) is 1.71. The second-order valence-corrected chi connectivity index (χ2v) is 8.70. The van der Waals surface area contributed by atoms with Crippen molar-refractivity contribution in [2.75, 3.05) is 20.8 Å². The van der Waals surface area contributed by atoms with Gasteiger partial charge in [0.15, 0.2) is 0 Å². The van der Waals surface area contributed by atoms with E-state index in [1.54, 1.807) is 28.2 Å². The molecule has 0 aliphatic rings. The van der Waals surface area contributed by atoms with Gasteiger partial charge in [0.2, 0.25) is 5.65 Å². The number of imidazole rings is 1. The van der Waals surface area contributed by atoms with Crippen molar-refractivity contribution in [1.29, 1.82) is 0 Å². The number of urea groups is 1. The van der Waals surface area contributed by atoms with E-state index in [1.165, 1.54) is 34.3 Å². The van der Waals surface area contributed by atoms with Crippen LogP contribution in [0.3, 0.4) is 0 Å². The molecule has 39 heavy (non-hydrogen) atoms. The molecular weight excluding hydrogens is 534 g/mol. The molecule has 2 unspecified atom stereocenters. The fourth-order valence-electron chi connectivity index (χ4n) is 4.01. The summed E-state index contributed by atoms with van der Waals surface area (Å²) >= 11 is 0. The van der Waals surface area contributed by atoms with Gasteiger partial charge in [-0.15, -0.1) is 0 Å². The number of pyridine rings is 1. The lowest BCUT2D eigenvalue weighted by molar-refractivity contribution is -0.171. The summed E-state index contributed by atoms with van der Waals surface area (Å²) in [5.74, 6) is 0.565. The molecule has 0 fully saturated rings. The van der Waals surface area contributed by atoms with Crippen molar-refractivity contribution >= 4 is 11.7 Å². The van der Waals surface area contributed by atoms with E-state index in [1.807, 2.05) is 6.92 Å². The highest BCUT2D eigenvalue weighted by Gasteiger charge is 2.43. The third kappa shape index (κ3) is 6.81. The van der Waals surface area contributed by atoms with Crippen LogP contribution < -0.4 is 14.8 Å². The first kappa shape index (κ1) is 29.8. The zero-order chi connectivity index (χ0) is 29.1. The summed E-state index contributed by atoms with van der Waals surface area (Å²) in [4.78, 5) is 26.9. The van der Waals surface area contributed by atoms with Crippen molar-refractivity contribution in [3.05, 3.63) is 36.0 Å². The van der Waals surface area contributed by atoms with E-state index in [4.69, 9.17) is 9.47 Å². The minimum atomic E-state index is -5.07. The van der Waals surface area contributed by atoms with Crippen molar-refractivity contribution < 1.29 is 40.6 Å². The summed E-state index contributed by atoms with van der Waals surface area (Å²) in [6.07, 6.45) is -8.17. The topological polar surface area (TPSA) is 93.9 Å². The van der Waals surface area contributed by atoms with Crippen molar-refractivity contribution in [3.63, 3.8) is 0 Å². The number of hydrogen-bond acceptors (Lipinski definition) is 6. The van der Waals surface area contributed by atoms with Crippen LogP contribution in [0.4, 0.5) is 31.1 Å². The lowest BCUT2D eigenvalue weighted by Crippen LogP contribution is -2.51. The number of ether oxygens (including phenoxy) is 2. The third-order valence-corrected chi connectivity index (χ3v) is 6.13. The van der Waals surface area contributed by atoms with E-state index >= 15 is 0 Å². The zero-order valence-corrected chi connectivity index (χ0v) is 21.8. The van der Waals surface area contributed by atoms with Crippen molar-refractivity contribution in [3.8, 4) is 22.9 Å². The molecule has 2 amide bonds. The fraction of sp³-hybridized carbons (Fsp3) is 0.500. The van der Waals surface area contributed by atoms with Crippen LogP contribution >= 0.6 is 0 Å². The number of hydrogen-bond donors (Lipinski definition) is 1. The normalized spacial score (nSPS) is 13.7. The van der Waals surface area contributed by atoms with Gasteiger partial charge in [0.25, 0.3) is 5.88 Å². The highest BCUT2D eigenvalue weighted by molar-refractivity contribution is 5.75. The van der Waals surface area contributed by atoms with Crippen LogP contribution in [-0.4, -0.2) is 69.4 Å². The predicted octanol–water partition coefficient (Wildman–Crippen LogP) is 5.48. The first-order chi connectivity index (χ1) is 18.2. The number of nitrogens with zero attached hydrogens (tertiary/aromatic N) is 5. The lowest BCUT2D eigenvalue weighted by Gasteiger charge is -2.31. The van der Waals surface area contributed by atoms with Crippen molar-refractivity contribution in [1.82, 2.24) is 29.6 Å². The number of alkyl halides is 6. The van der Waals surface area contributed by atoms with Gasteiger partial charge < -0.3 is 19.7 Å². The largest absolute Gasteiger partial charge is 0.494 e. The number of methoxy groups -OCH3 is 2. The maximum Gasteiger partial charge on any atom is 0.408 e. The summed E-state index contributed by atoms with van der Waals surface area (Å²) < 4.78 is 90.5. The molecule has 0 radical (unpaired) electrons. The Labute approximate surface area is 220 Å². The van der Waals surface area contributed by atoms with Crippen LogP contribution in [0.25, 0.3) is 16.9 Å². The van der Waals surface area contributed by atoms with Gasteiger partial charge in [-0.25, -0.2) is 14.8 Å². The maximum absolute atomic E-state index is 13.4. The molecule has 0 saturated carbocycles. The summed E-state index contributed by atoms with van der Waals surface area (Å²) in [7, 11) is 2.86. The second-order valence-electron chi connectivity index (χ2n) is 8.70. The molecule has 9 nitrogen and oxygen atoms in total. The Balaban J connectivity index is 1.95. The summed E-state index contributed by atoms with van der Waals surface area (Å²) in [6, 6.07) is -3.14. The number of fused-ring (bicyclic) bond motifs is 1. The number of carbonyl (C=O) groups excluding carboxylic acids is 1. The average molecular weight is 563 g/mol. The second kappa shape index (κ2) is 11.5. The molecular formula is C24H28F6N6O3.